The van der Waals surface area contributed by atoms with Crippen LogP contribution in [0.15, 0.2) is 53.4 Å². The molecule has 36 heavy (non-hydrogen) atoms. The van der Waals surface area contributed by atoms with Crippen LogP contribution in [-0.4, -0.2) is 66.9 Å². The van der Waals surface area contributed by atoms with Gasteiger partial charge in [-0.3, -0.25) is 4.90 Å². The minimum atomic E-state index is -3.54. The van der Waals surface area contributed by atoms with Crippen LogP contribution in [0.3, 0.4) is 0 Å². The van der Waals surface area contributed by atoms with E-state index in [0.717, 1.165) is 22.5 Å². The molecule has 192 valence electrons. The molecule has 0 spiro atoms. The number of nitrogens with zero attached hydrogens (tertiary/aromatic N) is 4. The molecule has 1 aliphatic heterocycles. The Balaban J connectivity index is 1.31. The second-order valence-corrected chi connectivity index (χ2v) is 11.7. The Hall–Kier alpha value is -2.75. The molecular formula is C27H35N5O3S. The fourth-order valence-corrected chi connectivity index (χ4v) is 6.65. The molecule has 0 radical (unpaired) electrons. The lowest BCUT2D eigenvalue weighted by Gasteiger charge is -2.37. The van der Waals surface area contributed by atoms with E-state index >= 15 is 0 Å². The van der Waals surface area contributed by atoms with Crippen molar-refractivity contribution in [3.05, 3.63) is 54.4 Å². The molecule has 2 aliphatic rings. The Bertz CT molecular complexity index is 1280. The quantitative estimate of drug-likeness (QED) is 0.503. The van der Waals surface area contributed by atoms with Crippen molar-refractivity contribution in [1.82, 2.24) is 19.2 Å². The van der Waals surface area contributed by atoms with E-state index in [1.165, 1.54) is 32.1 Å². The molecule has 8 nitrogen and oxygen atoms in total. The fourth-order valence-electron chi connectivity index (χ4n) is 5.22. The SMILES string of the molecule is COc1ccc(S(=O)(=O)N2CCN([C@@H](C)c3nc(NC4CCCCC4)c4ccccc4n3)CC2)cc1. The first kappa shape index (κ1) is 24.9. The van der Waals surface area contributed by atoms with Crippen molar-refractivity contribution < 1.29 is 13.2 Å². The van der Waals surface area contributed by atoms with Crippen LogP contribution in [0.4, 0.5) is 5.82 Å². The monoisotopic (exact) mass is 509 g/mol. The largest absolute Gasteiger partial charge is 0.497 e. The summed E-state index contributed by atoms with van der Waals surface area (Å²) in [5, 5.41) is 4.76. The Morgan fingerprint density at radius 2 is 1.64 bits per heavy atom. The Kier molecular flexibility index (Phi) is 7.41. The summed E-state index contributed by atoms with van der Waals surface area (Å²) in [6, 6.07) is 15.2. The Labute approximate surface area is 213 Å². The highest BCUT2D eigenvalue weighted by molar-refractivity contribution is 7.89. The van der Waals surface area contributed by atoms with Gasteiger partial charge in [-0.1, -0.05) is 31.4 Å². The standard InChI is InChI=1S/C27H35N5O3S/c1-20(31-16-18-32(19-17-31)36(33,34)23-14-12-22(35-2)13-15-23)26-29-25-11-7-6-10-24(25)27(30-26)28-21-8-4-3-5-9-21/h6-7,10-15,20-21H,3-5,8-9,16-19H2,1-2H3,(H,28,29,30)/t20-/m0/s1. The van der Waals surface area contributed by atoms with Gasteiger partial charge in [0.1, 0.15) is 17.4 Å². The molecule has 1 saturated heterocycles. The lowest BCUT2D eigenvalue weighted by molar-refractivity contribution is 0.141. The van der Waals surface area contributed by atoms with Gasteiger partial charge >= 0.3 is 0 Å². The van der Waals surface area contributed by atoms with Crippen LogP contribution >= 0.6 is 0 Å². The molecule has 1 saturated carbocycles. The molecule has 1 N–H and O–H groups in total. The lowest BCUT2D eigenvalue weighted by Crippen LogP contribution is -2.49. The van der Waals surface area contributed by atoms with Crippen molar-refractivity contribution in [2.24, 2.45) is 0 Å². The molecule has 2 aromatic carbocycles. The smallest absolute Gasteiger partial charge is 0.243 e. The van der Waals surface area contributed by atoms with E-state index in [4.69, 9.17) is 14.7 Å². The average molecular weight is 510 g/mol. The highest BCUT2D eigenvalue weighted by Crippen LogP contribution is 2.29. The number of aromatic nitrogens is 2. The number of hydrogen-bond acceptors (Lipinski definition) is 7. The van der Waals surface area contributed by atoms with Gasteiger partial charge in [0.05, 0.1) is 23.6 Å². The Morgan fingerprint density at radius 1 is 0.944 bits per heavy atom. The number of anilines is 1. The van der Waals surface area contributed by atoms with Crippen molar-refractivity contribution in [2.75, 3.05) is 38.6 Å². The number of nitrogens with one attached hydrogen (secondary N) is 1. The maximum Gasteiger partial charge on any atom is 0.243 e. The zero-order valence-corrected chi connectivity index (χ0v) is 21.9. The first-order chi connectivity index (χ1) is 17.5. The molecule has 1 atom stereocenters. The number of hydrogen-bond donors (Lipinski definition) is 1. The van der Waals surface area contributed by atoms with Gasteiger partial charge in [-0.25, -0.2) is 18.4 Å². The van der Waals surface area contributed by atoms with E-state index in [2.05, 4.69) is 23.2 Å². The van der Waals surface area contributed by atoms with Crippen molar-refractivity contribution >= 4 is 26.7 Å². The molecule has 5 rings (SSSR count). The van der Waals surface area contributed by atoms with E-state index in [1.54, 1.807) is 35.7 Å². The maximum atomic E-state index is 13.1. The van der Waals surface area contributed by atoms with Crippen molar-refractivity contribution in [1.29, 1.82) is 0 Å². The van der Waals surface area contributed by atoms with E-state index in [1.807, 2.05) is 18.2 Å². The highest BCUT2D eigenvalue weighted by Gasteiger charge is 2.31. The lowest BCUT2D eigenvalue weighted by atomic mass is 9.95. The van der Waals surface area contributed by atoms with Crippen LogP contribution in [0.2, 0.25) is 0 Å². The third kappa shape index (κ3) is 5.19. The number of ether oxygens (including phenoxy) is 1. The first-order valence-corrected chi connectivity index (χ1v) is 14.3. The van der Waals surface area contributed by atoms with Crippen molar-refractivity contribution in [3.8, 4) is 5.75 Å². The van der Waals surface area contributed by atoms with Crippen molar-refractivity contribution in [3.63, 3.8) is 0 Å². The van der Waals surface area contributed by atoms with E-state index in [0.29, 0.717) is 42.9 Å². The highest BCUT2D eigenvalue weighted by atomic mass is 32.2. The number of fused-ring (bicyclic) bond motifs is 1. The fraction of sp³-hybridized carbons (Fsp3) is 0.481. The van der Waals surface area contributed by atoms with Crippen LogP contribution in [0.5, 0.6) is 5.75 Å². The van der Waals surface area contributed by atoms with Crippen LogP contribution in [0.25, 0.3) is 10.9 Å². The van der Waals surface area contributed by atoms with Gasteiger partial charge in [-0.05, 0) is 56.2 Å². The minimum absolute atomic E-state index is 0.0210. The van der Waals surface area contributed by atoms with Gasteiger partial charge in [0.15, 0.2) is 0 Å². The van der Waals surface area contributed by atoms with Gasteiger partial charge in [-0.15, -0.1) is 0 Å². The van der Waals surface area contributed by atoms with Crippen LogP contribution in [0.1, 0.15) is 50.9 Å². The summed E-state index contributed by atoms with van der Waals surface area (Å²) >= 11 is 0. The first-order valence-electron chi connectivity index (χ1n) is 12.9. The molecule has 1 aliphatic carbocycles. The molecule has 0 amide bonds. The topological polar surface area (TPSA) is 87.7 Å². The number of para-hydroxylation sites is 1. The van der Waals surface area contributed by atoms with Gasteiger partial charge in [0.2, 0.25) is 10.0 Å². The zero-order chi connectivity index (χ0) is 25.1. The molecular weight excluding hydrogens is 474 g/mol. The average Bonchev–Trinajstić information content (AvgIpc) is 2.93. The normalized spacial score (nSPS) is 19.3. The second-order valence-electron chi connectivity index (χ2n) is 9.72. The number of methoxy groups -OCH3 is 1. The summed E-state index contributed by atoms with van der Waals surface area (Å²) in [5.74, 6) is 2.33. The predicted molar refractivity (Wildman–Crippen MR) is 142 cm³/mol. The molecule has 1 aromatic heterocycles. The van der Waals surface area contributed by atoms with Crippen LogP contribution in [-0.2, 0) is 10.0 Å². The molecule has 3 aromatic rings. The van der Waals surface area contributed by atoms with E-state index < -0.39 is 10.0 Å². The van der Waals surface area contributed by atoms with Crippen molar-refractivity contribution in [2.45, 2.75) is 56.0 Å². The molecule has 0 bridgehead atoms. The Morgan fingerprint density at radius 3 is 2.33 bits per heavy atom. The summed E-state index contributed by atoms with van der Waals surface area (Å²) in [6.07, 6.45) is 6.17. The summed E-state index contributed by atoms with van der Waals surface area (Å²) in [7, 11) is -1.98. The number of piperazine rings is 1. The van der Waals surface area contributed by atoms with Gasteiger partial charge in [-0.2, -0.15) is 4.31 Å². The third-order valence-corrected chi connectivity index (χ3v) is 9.37. The van der Waals surface area contributed by atoms with Gasteiger partial charge < -0.3 is 10.1 Å². The van der Waals surface area contributed by atoms with Crippen LogP contribution in [0, 0.1) is 0 Å². The van der Waals surface area contributed by atoms with Gasteiger partial charge in [0, 0.05) is 37.6 Å². The number of sulfonamides is 1. The molecule has 0 unspecified atom stereocenters. The zero-order valence-electron chi connectivity index (χ0n) is 21.1. The second kappa shape index (κ2) is 10.7. The van der Waals surface area contributed by atoms with Gasteiger partial charge in [0.25, 0.3) is 0 Å². The third-order valence-electron chi connectivity index (χ3n) is 7.46. The summed E-state index contributed by atoms with van der Waals surface area (Å²) in [6.45, 7) is 4.22. The molecule has 2 heterocycles. The number of rotatable bonds is 7. The summed E-state index contributed by atoms with van der Waals surface area (Å²) < 4.78 is 33.0. The maximum absolute atomic E-state index is 13.1. The molecule has 2 fully saturated rings. The molecule has 9 heteroatoms. The predicted octanol–water partition coefficient (Wildman–Crippen LogP) is 4.45. The number of benzene rings is 2. The summed E-state index contributed by atoms with van der Waals surface area (Å²) in [4.78, 5) is 12.5. The van der Waals surface area contributed by atoms with Crippen LogP contribution < -0.4 is 10.1 Å². The minimum Gasteiger partial charge on any atom is -0.497 e. The summed E-state index contributed by atoms with van der Waals surface area (Å²) in [5.41, 5.74) is 0.938. The van der Waals surface area contributed by atoms with E-state index in [9.17, 15) is 8.42 Å². The van der Waals surface area contributed by atoms with E-state index in [-0.39, 0.29) is 6.04 Å².